The summed E-state index contributed by atoms with van der Waals surface area (Å²) in [5.74, 6) is 2.69. The molecule has 0 bridgehead atoms. The first-order valence-electron chi connectivity index (χ1n) is 9.97. The smallest absolute Gasteiger partial charge is 0.266 e. The van der Waals surface area contributed by atoms with Gasteiger partial charge in [-0.05, 0) is 12.1 Å². The predicted molar refractivity (Wildman–Crippen MR) is 114 cm³/mol. The van der Waals surface area contributed by atoms with Crippen molar-refractivity contribution in [3.63, 3.8) is 0 Å². The SMILES string of the molecule is CC(C)c1nnc(SCC(=O)N2CCN(c3oc(-c4ccco4)nc3C#N)CC2)n1C. The van der Waals surface area contributed by atoms with E-state index in [-0.39, 0.29) is 23.4 Å². The molecule has 1 saturated heterocycles. The Hall–Kier alpha value is -3.26. The van der Waals surface area contributed by atoms with Gasteiger partial charge < -0.3 is 23.2 Å². The van der Waals surface area contributed by atoms with Gasteiger partial charge in [0.25, 0.3) is 5.89 Å². The number of aromatic nitrogens is 4. The lowest BCUT2D eigenvalue weighted by Gasteiger charge is -2.34. The molecule has 1 amide bonds. The molecule has 0 radical (unpaired) electrons. The van der Waals surface area contributed by atoms with Crippen molar-refractivity contribution in [3.05, 3.63) is 29.9 Å². The number of rotatable bonds is 6. The molecule has 0 aromatic carbocycles. The maximum atomic E-state index is 12.7. The van der Waals surface area contributed by atoms with Gasteiger partial charge in [-0.1, -0.05) is 25.6 Å². The Bertz CT molecular complexity index is 1090. The van der Waals surface area contributed by atoms with Crippen LogP contribution in [0, 0.1) is 11.3 Å². The van der Waals surface area contributed by atoms with E-state index in [1.54, 1.807) is 12.1 Å². The summed E-state index contributed by atoms with van der Waals surface area (Å²) in [6, 6.07) is 5.54. The van der Waals surface area contributed by atoms with E-state index in [1.165, 1.54) is 18.0 Å². The fourth-order valence-corrected chi connectivity index (χ4v) is 4.26. The summed E-state index contributed by atoms with van der Waals surface area (Å²) in [5.41, 5.74) is 0.213. The number of hydrogen-bond acceptors (Lipinski definition) is 9. The summed E-state index contributed by atoms with van der Waals surface area (Å²) in [5, 5.41) is 18.5. The number of hydrogen-bond donors (Lipinski definition) is 0. The molecule has 1 aliphatic heterocycles. The molecule has 0 atom stereocenters. The number of nitriles is 1. The topological polar surface area (TPSA) is 117 Å². The molecule has 0 saturated carbocycles. The molecular weight excluding hydrogens is 418 g/mol. The van der Waals surface area contributed by atoms with E-state index in [9.17, 15) is 10.1 Å². The molecule has 0 spiro atoms. The van der Waals surface area contributed by atoms with E-state index < -0.39 is 0 Å². The first kappa shape index (κ1) is 21.0. The monoisotopic (exact) mass is 441 g/mol. The van der Waals surface area contributed by atoms with E-state index in [4.69, 9.17) is 8.83 Å². The van der Waals surface area contributed by atoms with E-state index >= 15 is 0 Å². The molecule has 10 nitrogen and oxygen atoms in total. The molecule has 0 N–H and O–H groups in total. The fraction of sp³-hybridized carbons (Fsp3) is 0.450. The lowest BCUT2D eigenvalue weighted by molar-refractivity contribution is -0.128. The summed E-state index contributed by atoms with van der Waals surface area (Å²) in [6.45, 7) is 6.31. The molecule has 1 aliphatic rings. The Kier molecular flexibility index (Phi) is 5.99. The van der Waals surface area contributed by atoms with Gasteiger partial charge in [0.2, 0.25) is 17.5 Å². The Morgan fingerprint density at radius 1 is 1.29 bits per heavy atom. The summed E-state index contributed by atoms with van der Waals surface area (Å²) in [6.07, 6.45) is 1.53. The van der Waals surface area contributed by atoms with Crippen molar-refractivity contribution in [2.45, 2.75) is 24.9 Å². The molecule has 4 heterocycles. The Labute approximate surface area is 183 Å². The highest BCUT2D eigenvalue weighted by molar-refractivity contribution is 7.99. The number of piperazine rings is 1. The Morgan fingerprint density at radius 3 is 2.68 bits per heavy atom. The second-order valence-electron chi connectivity index (χ2n) is 7.47. The van der Waals surface area contributed by atoms with Crippen LogP contribution in [-0.4, -0.2) is 62.5 Å². The third kappa shape index (κ3) is 4.29. The minimum absolute atomic E-state index is 0.0492. The summed E-state index contributed by atoms with van der Waals surface area (Å²) in [7, 11) is 1.92. The van der Waals surface area contributed by atoms with Crippen LogP contribution in [0.3, 0.4) is 0 Å². The molecule has 162 valence electrons. The number of anilines is 1. The average molecular weight is 442 g/mol. The molecule has 3 aromatic heterocycles. The molecule has 31 heavy (non-hydrogen) atoms. The van der Waals surface area contributed by atoms with Crippen LogP contribution in [0.15, 0.2) is 32.4 Å². The van der Waals surface area contributed by atoms with Crippen molar-refractivity contribution in [1.82, 2.24) is 24.6 Å². The van der Waals surface area contributed by atoms with Gasteiger partial charge in [0.05, 0.1) is 12.0 Å². The van der Waals surface area contributed by atoms with Gasteiger partial charge in [-0.2, -0.15) is 10.2 Å². The van der Waals surface area contributed by atoms with Crippen LogP contribution in [0.2, 0.25) is 0 Å². The zero-order chi connectivity index (χ0) is 22.0. The zero-order valence-electron chi connectivity index (χ0n) is 17.6. The first-order valence-corrected chi connectivity index (χ1v) is 11.0. The predicted octanol–water partition coefficient (Wildman–Crippen LogP) is 2.50. The summed E-state index contributed by atoms with van der Waals surface area (Å²) >= 11 is 1.39. The third-order valence-corrected chi connectivity index (χ3v) is 6.08. The van der Waals surface area contributed by atoms with Crippen molar-refractivity contribution in [2.24, 2.45) is 7.05 Å². The highest BCUT2D eigenvalue weighted by Crippen LogP contribution is 2.29. The normalized spacial score (nSPS) is 14.3. The summed E-state index contributed by atoms with van der Waals surface area (Å²) in [4.78, 5) is 20.7. The number of carbonyl (C=O) groups is 1. The van der Waals surface area contributed by atoms with Gasteiger partial charge in [-0.15, -0.1) is 10.2 Å². The highest BCUT2D eigenvalue weighted by atomic mass is 32.2. The molecule has 0 unspecified atom stereocenters. The largest absolute Gasteiger partial charge is 0.459 e. The Balaban J connectivity index is 1.35. The number of thioether (sulfide) groups is 1. The molecule has 1 fully saturated rings. The Morgan fingerprint density at radius 2 is 2.06 bits per heavy atom. The average Bonchev–Trinajstić information content (AvgIpc) is 3.51. The maximum Gasteiger partial charge on any atom is 0.266 e. The number of amides is 1. The van der Waals surface area contributed by atoms with Crippen LogP contribution in [0.25, 0.3) is 11.7 Å². The quantitative estimate of drug-likeness (QED) is 0.532. The molecule has 4 rings (SSSR count). The molecule has 0 aliphatic carbocycles. The lowest BCUT2D eigenvalue weighted by Crippen LogP contribution is -2.49. The van der Waals surface area contributed by atoms with Crippen LogP contribution >= 0.6 is 11.8 Å². The summed E-state index contributed by atoms with van der Waals surface area (Å²) < 4.78 is 13.0. The van der Waals surface area contributed by atoms with Gasteiger partial charge >= 0.3 is 0 Å². The minimum atomic E-state index is 0.0492. The minimum Gasteiger partial charge on any atom is -0.459 e. The highest BCUT2D eigenvalue weighted by Gasteiger charge is 2.27. The second-order valence-corrected chi connectivity index (χ2v) is 8.42. The number of nitrogens with zero attached hydrogens (tertiary/aromatic N) is 7. The zero-order valence-corrected chi connectivity index (χ0v) is 18.4. The van der Waals surface area contributed by atoms with E-state index in [0.717, 1.165) is 11.0 Å². The van der Waals surface area contributed by atoms with Crippen molar-refractivity contribution in [1.29, 1.82) is 5.26 Å². The number of oxazole rings is 1. The van der Waals surface area contributed by atoms with Crippen LogP contribution in [0.1, 0.15) is 31.3 Å². The van der Waals surface area contributed by atoms with E-state index in [2.05, 4.69) is 35.1 Å². The van der Waals surface area contributed by atoms with Crippen molar-refractivity contribution < 1.29 is 13.6 Å². The fourth-order valence-electron chi connectivity index (χ4n) is 3.44. The van der Waals surface area contributed by atoms with Gasteiger partial charge in [-0.25, -0.2) is 0 Å². The van der Waals surface area contributed by atoms with Gasteiger partial charge in [0, 0.05) is 39.1 Å². The van der Waals surface area contributed by atoms with Crippen LogP contribution in [-0.2, 0) is 11.8 Å². The van der Waals surface area contributed by atoms with Gasteiger partial charge in [0.1, 0.15) is 11.9 Å². The van der Waals surface area contributed by atoms with Crippen LogP contribution < -0.4 is 4.90 Å². The molecule has 3 aromatic rings. The number of furan rings is 1. The number of carbonyl (C=O) groups excluding carboxylic acids is 1. The maximum absolute atomic E-state index is 12.7. The van der Waals surface area contributed by atoms with E-state index in [0.29, 0.717) is 43.6 Å². The van der Waals surface area contributed by atoms with Crippen molar-refractivity contribution in [2.75, 3.05) is 36.8 Å². The van der Waals surface area contributed by atoms with Crippen molar-refractivity contribution >= 4 is 23.6 Å². The van der Waals surface area contributed by atoms with Crippen molar-refractivity contribution in [3.8, 4) is 17.7 Å². The van der Waals surface area contributed by atoms with E-state index in [1.807, 2.05) is 21.4 Å². The molecule has 11 heteroatoms. The lowest BCUT2D eigenvalue weighted by atomic mass is 10.2. The van der Waals surface area contributed by atoms with Gasteiger partial charge in [-0.3, -0.25) is 4.79 Å². The first-order chi connectivity index (χ1) is 15.0. The van der Waals surface area contributed by atoms with Gasteiger partial charge in [0.15, 0.2) is 10.9 Å². The van der Waals surface area contributed by atoms with Crippen LogP contribution in [0.5, 0.6) is 0 Å². The second kappa shape index (κ2) is 8.85. The third-order valence-electron chi connectivity index (χ3n) is 5.08. The van der Waals surface area contributed by atoms with Crippen LogP contribution in [0.4, 0.5) is 5.88 Å². The standard InChI is InChI=1S/C20H23N7O3S/c1-13(2)17-23-24-20(25(17)3)31-12-16(28)26-6-8-27(9-7-26)19-14(11-21)22-18(30-19)15-5-4-10-29-15/h4-5,10,13H,6-9,12H2,1-3H3. The molecular formula is C20H23N7O3S.